The van der Waals surface area contributed by atoms with Gasteiger partial charge in [0, 0.05) is 6.54 Å². The van der Waals surface area contributed by atoms with E-state index < -0.39 is 12.1 Å². The van der Waals surface area contributed by atoms with Crippen molar-refractivity contribution in [3.8, 4) is 33.5 Å². The van der Waals surface area contributed by atoms with Gasteiger partial charge in [-0.2, -0.15) is 0 Å². The lowest BCUT2D eigenvalue weighted by Gasteiger charge is -2.26. The van der Waals surface area contributed by atoms with E-state index in [4.69, 9.17) is 0 Å². The van der Waals surface area contributed by atoms with E-state index in [-0.39, 0.29) is 17.5 Å². The van der Waals surface area contributed by atoms with Crippen molar-refractivity contribution < 1.29 is 14.3 Å². The summed E-state index contributed by atoms with van der Waals surface area (Å²) >= 11 is 0. The maximum atomic E-state index is 13.2. The van der Waals surface area contributed by atoms with Gasteiger partial charge >= 0.3 is 6.09 Å². The molecule has 250 valence electrons. The number of nitrogens with one attached hydrogen (secondary N) is 3. The number of aromatic amines is 2. The zero-order valence-corrected chi connectivity index (χ0v) is 27.8. The average molecular weight is 657 g/mol. The normalized spacial score (nSPS) is 18.6. The van der Waals surface area contributed by atoms with Crippen LogP contribution in [-0.4, -0.2) is 56.5 Å². The van der Waals surface area contributed by atoms with Gasteiger partial charge in [0.1, 0.15) is 11.9 Å². The second kappa shape index (κ2) is 12.3. The second-order valence-electron chi connectivity index (χ2n) is 13.9. The predicted octanol–water partition coefficient (Wildman–Crippen LogP) is 6.71. The Balaban J connectivity index is 1.08. The van der Waals surface area contributed by atoms with E-state index in [0.29, 0.717) is 22.9 Å². The Hall–Kier alpha value is -5.25. The number of hydrogen-bond donors (Lipinski definition) is 3. The van der Waals surface area contributed by atoms with Gasteiger partial charge in [0.15, 0.2) is 0 Å². The van der Waals surface area contributed by atoms with Gasteiger partial charge in [-0.25, -0.2) is 14.8 Å². The first kappa shape index (κ1) is 31.0. The molecule has 3 aromatic carbocycles. The SMILES string of the molecule is COC(=O)NC(C)C(=O)N1CCC[C@H]1c1ncc(-c2ccc(-c3ccc(-c4ccc5nc[nH]c(=O)c5c4)c4c3CC3(CCCC3)C4)cc2)[nH]1. The van der Waals surface area contributed by atoms with Gasteiger partial charge < -0.3 is 24.9 Å². The van der Waals surface area contributed by atoms with Crippen molar-refractivity contribution in [2.75, 3.05) is 13.7 Å². The molecular formula is C39H40N6O4. The molecule has 1 unspecified atom stereocenters. The molecule has 2 fully saturated rings. The first-order chi connectivity index (χ1) is 23.8. The van der Waals surface area contributed by atoms with E-state index in [1.807, 2.05) is 18.3 Å². The molecule has 2 aliphatic carbocycles. The molecule has 8 rings (SSSR count). The van der Waals surface area contributed by atoms with Crippen LogP contribution in [0, 0.1) is 5.41 Å². The van der Waals surface area contributed by atoms with Gasteiger partial charge in [0.25, 0.3) is 5.56 Å². The summed E-state index contributed by atoms with van der Waals surface area (Å²) in [4.78, 5) is 54.5. The molecule has 3 N–H and O–H groups in total. The van der Waals surface area contributed by atoms with E-state index in [9.17, 15) is 14.4 Å². The minimum absolute atomic E-state index is 0.117. The molecule has 2 atom stereocenters. The number of amides is 2. The second-order valence-corrected chi connectivity index (χ2v) is 13.9. The van der Waals surface area contributed by atoms with Crippen molar-refractivity contribution in [2.24, 2.45) is 5.41 Å². The van der Waals surface area contributed by atoms with Crippen LogP contribution in [0.1, 0.15) is 68.4 Å². The fourth-order valence-electron chi connectivity index (χ4n) is 8.51. The summed E-state index contributed by atoms with van der Waals surface area (Å²) in [6.07, 6.45) is 11.6. The van der Waals surface area contributed by atoms with Crippen LogP contribution in [0.25, 0.3) is 44.4 Å². The third kappa shape index (κ3) is 5.58. The molecule has 0 bridgehead atoms. The summed E-state index contributed by atoms with van der Waals surface area (Å²) < 4.78 is 4.67. The number of H-pyrrole nitrogens is 2. The van der Waals surface area contributed by atoms with E-state index in [0.717, 1.165) is 48.3 Å². The van der Waals surface area contributed by atoms with Crippen molar-refractivity contribution >= 4 is 22.9 Å². The summed E-state index contributed by atoms with van der Waals surface area (Å²) in [5.41, 5.74) is 10.4. The van der Waals surface area contributed by atoms with Crippen LogP contribution in [-0.2, 0) is 22.4 Å². The van der Waals surface area contributed by atoms with Gasteiger partial charge in [-0.3, -0.25) is 9.59 Å². The molecule has 1 saturated heterocycles. The highest BCUT2D eigenvalue weighted by atomic mass is 16.5. The van der Waals surface area contributed by atoms with Crippen LogP contribution >= 0.6 is 0 Å². The zero-order chi connectivity index (χ0) is 33.7. The summed E-state index contributed by atoms with van der Waals surface area (Å²) in [5.74, 6) is 0.594. The van der Waals surface area contributed by atoms with Crippen molar-refractivity contribution in [3.05, 3.63) is 94.4 Å². The molecule has 3 aliphatic rings. The summed E-state index contributed by atoms with van der Waals surface area (Å²) in [6.45, 7) is 2.28. The average Bonchev–Trinajstić information content (AvgIpc) is 3.95. The zero-order valence-electron chi connectivity index (χ0n) is 27.8. The molecule has 1 aliphatic heterocycles. The van der Waals surface area contributed by atoms with Gasteiger partial charge in [0.05, 0.1) is 42.3 Å². The number of benzene rings is 3. The molecule has 2 amide bonds. The monoisotopic (exact) mass is 656 g/mol. The number of hydrogen-bond acceptors (Lipinski definition) is 6. The Morgan fingerprint density at radius 1 is 0.939 bits per heavy atom. The quantitative estimate of drug-likeness (QED) is 0.186. The third-order valence-corrected chi connectivity index (χ3v) is 11.0. The number of fused-ring (bicyclic) bond motifs is 2. The largest absolute Gasteiger partial charge is 0.453 e. The molecule has 10 heteroatoms. The maximum absolute atomic E-state index is 13.2. The lowest BCUT2D eigenvalue weighted by Crippen LogP contribution is -2.46. The van der Waals surface area contributed by atoms with E-state index in [1.54, 1.807) is 11.8 Å². The number of alkyl carbamates (subject to hydrolysis) is 1. The number of rotatable bonds is 6. The minimum Gasteiger partial charge on any atom is -0.453 e. The number of carbonyl (C=O) groups is 2. The first-order valence-corrected chi connectivity index (χ1v) is 17.3. The highest BCUT2D eigenvalue weighted by Crippen LogP contribution is 2.53. The number of ether oxygens (including phenoxy) is 1. The number of carbonyl (C=O) groups excluding carboxylic acids is 2. The summed E-state index contributed by atoms with van der Waals surface area (Å²) in [5, 5.41) is 3.19. The van der Waals surface area contributed by atoms with Crippen molar-refractivity contribution in [1.82, 2.24) is 30.2 Å². The van der Waals surface area contributed by atoms with Crippen LogP contribution in [0.4, 0.5) is 4.79 Å². The molecule has 49 heavy (non-hydrogen) atoms. The van der Waals surface area contributed by atoms with E-state index in [2.05, 4.69) is 72.5 Å². The van der Waals surface area contributed by atoms with Gasteiger partial charge in [-0.05, 0) is 102 Å². The Labute approximate surface area is 284 Å². The fraction of sp³-hybridized carbons (Fsp3) is 0.359. The Kier molecular flexibility index (Phi) is 7.81. The summed E-state index contributed by atoms with van der Waals surface area (Å²) in [6, 6.07) is 18.3. The lowest BCUT2D eigenvalue weighted by atomic mass is 9.82. The highest BCUT2D eigenvalue weighted by molar-refractivity contribution is 5.87. The molecule has 5 aromatic rings. The first-order valence-electron chi connectivity index (χ1n) is 17.3. The Morgan fingerprint density at radius 2 is 1.63 bits per heavy atom. The molecular weight excluding hydrogens is 616 g/mol. The van der Waals surface area contributed by atoms with Crippen LogP contribution < -0.4 is 10.9 Å². The fourth-order valence-corrected chi connectivity index (χ4v) is 8.51. The van der Waals surface area contributed by atoms with Crippen molar-refractivity contribution in [3.63, 3.8) is 0 Å². The van der Waals surface area contributed by atoms with Crippen LogP contribution in [0.15, 0.2) is 71.9 Å². The number of imidazole rings is 1. The molecule has 1 spiro atoms. The minimum atomic E-state index is -0.691. The summed E-state index contributed by atoms with van der Waals surface area (Å²) in [7, 11) is 1.28. The van der Waals surface area contributed by atoms with Crippen molar-refractivity contribution in [1.29, 1.82) is 0 Å². The van der Waals surface area contributed by atoms with Crippen LogP contribution in [0.3, 0.4) is 0 Å². The standard InChI is InChI=1S/C39H40N6O4/c1-23(43-38(48)49-2)37(47)45-17-5-6-34(45)35-40-21-33(44-35)25-9-7-24(8-10-25)27-12-13-28(31-20-39(19-30(27)31)15-3-4-16-39)26-11-14-32-29(18-26)36(46)42-22-41-32/h7-14,18,21-23,34H,3-6,15-17,19-20H2,1-2H3,(H,40,44)(H,43,48)(H,41,42,46)/t23?,34-/m0/s1. The smallest absolute Gasteiger partial charge is 0.407 e. The molecule has 10 nitrogen and oxygen atoms in total. The topological polar surface area (TPSA) is 133 Å². The van der Waals surface area contributed by atoms with Gasteiger partial charge in [-0.1, -0.05) is 55.3 Å². The number of nitrogens with zero attached hydrogens (tertiary/aromatic N) is 3. The number of likely N-dealkylation sites (tertiary alicyclic amines) is 1. The molecule has 3 heterocycles. The molecule has 2 aromatic heterocycles. The third-order valence-electron chi connectivity index (χ3n) is 11.0. The maximum Gasteiger partial charge on any atom is 0.407 e. The van der Waals surface area contributed by atoms with Crippen LogP contribution in [0.5, 0.6) is 0 Å². The van der Waals surface area contributed by atoms with Crippen molar-refractivity contribution in [2.45, 2.75) is 70.4 Å². The van der Waals surface area contributed by atoms with Gasteiger partial charge in [-0.15, -0.1) is 0 Å². The number of aromatic nitrogens is 4. The number of methoxy groups -OCH3 is 1. The predicted molar refractivity (Wildman–Crippen MR) is 188 cm³/mol. The molecule has 1 saturated carbocycles. The van der Waals surface area contributed by atoms with E-state index in [1.165, 1.54) is 66.9 Å². The molecule has 0 radical (unpaired) electrons. The Morgan fingerprint density at radius 3 is 2.37 bits per heavy atom. The van der Waals surface area contributed by atoms with E-state index >= 15 is 0 Å². The Bertz CT molecular complexity index is 2130. The van der Waals surface area contributed by atoms with Gasteiger partial charge in [0.2, 0.25) is 5.91 Å². The van der Waals surface area contributed by atoms with Crippen LogP contribution in [0.2, 0.25) is 0 Å². The lowest BCUT2D eigenvalue weighted by molar-refractivity contribution is -0.134. The highest BCUT2D eigenvalue weighted by Gasteiger charge is 2.41.